The molecule has 0 aromatic heterocycles. The summed E-state index contributed by atoms with van der Waals surface area (Å²) in [5.74, 6) is 0. The van der Waals surface area contributed by atoms with Crippen molar-refractivity contribution in [3.05, 3.63) is 0 Å². The molecule has 0 aromatic carbocycles. The van der Waals surface area contributed by atoms with E-state index in [1.165, 1.54) is 110 Å². The minimum atomic E-state index is 0. The van der Waals surface area contributed by atoms with Gasteiger partial charge in [0.05, 0.1) is 0 Å². The molecule has 0 aliphatic carbocycles. The summed E-state index contributed by atoms with van der Waals surface area (Å²) < 4.78 is 0. The van der Waals surface area contributed by atoms with E-state index in [2.05, 4.69) is 48.1 Å². The second-order valence-corrected chi connectivity index (χ2v) is 7.20. The van der Waals surface area contributed by atoms with Gasteiger partial charge in [-0.3, -0.25) is 0 Å². The van der Waals surface area contributed by atoms with Crippen molar-refractivity contribution in [1.29, 1.82) is 0 Å². The topological polar surface area (TPSA) is 30.5 Å². The second kappa shape index (κ2) is 31.0. The Kier molecular flexibility index (Phi) is 41.0. The zero-order valence-corrected chi connectivity index (χ0v) is 23.3. The van der Waals surface area contributed by atoms with Crippen molar-refractivity contribution in [2.24, 2.45) is 0 Å². The van der Waals surface area contributed by atoms with E-state index in [-0.39, 0.29) is 72.6 Å². The molecule has 0 radical (unpaired) electrons. The van der Waals surface area contributed by atoms with Gasteiger partial charge in [-0.2, -0.15) is 0 Å². The third-order valence-corrected chi connectivity index (χ3v) is 4.76. The maximum atomic E-state index is 3.31. The molecule has 2 N–H and O–H groups in total. The van der Waals surface area contributed by atoms with Crippen LogP contribution in [-0.4, -0.2) is 75.2 Å². The van der Waals surface area contributed by atoms with Crippen molar-refractivity contribution in [1.82, 2.24) is 20.4 Å². The van der Waals surface area contributed by atoms with Crippen LogP contribution >= 0.6 is 12.4 Å². The number of rotatable bonds is 2. The summed E-state index contributed by atoms with van der Waals surface area (Å²) in [4.78, 5) is 4.97. The van der Waals surface area contributed by atoms with Crippen molar-refractivity contribution in [3.8, 4) is 0 Å². The number of nitrogens with zero attached hydrogens (tertiary/aromatic N) is 2. The number of piperazine rings is 1. The second-order valence-electron chi connectivity index (χ2n) is 7.20. The first-order chi connectivity index (χ1) is 12.3. The number of hydrogen-bond acceptors (Lipinski definition) is 4. The fourth-order valence-corrected chi connectivity index (χ4v) is 3.10. The maximum Gasteiger partial charge on any atom is 1.00 e. The average Bonchev–Trinajstić information content (AvgIpc) is 2.72. The molecule has 3 aliphatic heterocycles. The molecule has 0 bridgehead atoms. The molecule has 3 heterocycles. The van der Waals surface area contributed by atoms with Gasteiger partial charge in [0.15, 0.2) is 0 Å². The van der Waals surface area contributed by atoms with Gasteiger partial charge in [0.1, 0.15) is 0 Å². The summed E-state index contributed by atoms with van der Waals surface area (Å²) in [7, 11) is 0. The fourth-order valence-electron chi connectivity index (χ4n) is 3.10. The molecule has 4 nitrogen and oxygen atoms in total. The zero-order valence-electron chi connectivity index (χ0n) is 20.3. The van der Waals surface area contributed by atoms with E-state index in [0.29, 0.717) is 0 Å². The van der Waals surface area contributed by atoms with Gasteiger partial charge in [-0.1, -0.05) is 54.4 Å². The molecule has 0 unspecified atom stereocenters. The average molecular weight is 449 g/mol. The Bertz CT molecular complexity index is 221. The SMILES string of the molecule is C.C1CCNCC1.CCC.CCN1CCCCC1.CCN1CCNCC1.Cl.[H-].[K+]. The van der Waals surface area contributed by atoms with Crippen LogP contribution in [0.25, 0.3) is 0 Å². The fraction of sp³-hybridized carbons (Fsp3) is 1.00. The number of piperidine rings is 2. The van der Waals surface area contributed by atoms with Gasteiger partial charge in [-0.15, -0.1) is 12.4 Å². The summed E-state index contributed by atoms with van der Waals surface area (Å²) in [5.41, 5.74) is 0. The van der Waals surface area contributed by atoms with E-state index < -0.39 is 0 Å². The standard InChI is InChI=1S/C7H15N.C6H14N2.C5H11N.C3H8.CH4.ClH.K.H/c1-2-8-6-4-3-5-7-8;1-2-8-5-3-7-4-6-8;1-2-4-6-5-3-1;1-3-2;;;;/h2-7H2,1H3;7H,2-6H2,1H3;6H,1-5H2;3H2,1-2H3;1H4;1H;;/q;;;;;;+1;-1. The predicted octanol–water partition coefficient (Wildman–Crippen LogP) is 1.75. The number of hydrogen-bond donors (Lipinski definition) is 2. The van der Waals surface area contributed by atoms with Crippen LogP contribution in [0, 0.1) is 0 Å². The van der Waals surface area contributed by atoms with Gasteiger partial charge >= 0.3 is 51.4 Å². The van der Waals surface area contributed by atoms with Crippen molar-refractivity contribution in [2.45, 2.75) is 80.1 Å². The molecule has 28 heavy (non-hydrogen) atoms. The van der Waals surface area contributed by atoms with Crippen LogP contribution < -0.4 is 62.0 Å². The predicted molar refractivity (Wildman–Crippen MR) is 129 cm³/mol. The summed E-state index contributed by atoms with van der Waals surface area (Å²) >= 11 is 0. The monoisotopic (exact) mass is 448 g/mol. The molecule has 3 aliphatic rings. The number of nitrogens with one attached hydrogen (secondary N) is 2. The molecule has 0 saturated carbocycles. The summed E-state index contributed by atoms with van der Waals surface area (Å²) in [5, 5.41) is 6.59. The van der Waals surface area contributed by atoms with E-state index in [1.54, 1.807) is 0 Å². The number of likely N-dealkylation sites (tertiary alicyclic amines) is 1. The minimum absolute atomic E-state index is 0. The largest absolute Gasteiger partial charge is 1.00 e. The molecular weight excluding hydrogens is 395 g/mol. The molecule has 3 saturated heterocycles. The Morgan fingerprint density at radius 1 is 0.607 bits per heavy atom. The van der Waals surface area contributed by atoms with Crippen LogP contribution in [0.2, 0.25) is 0 Å². The van der Waals surface area contributed by atoms with Crippen LogP contribution in [0.15, 0.2) is 0 Å². The van der Waals surface area contributed by atoms with Crippen LogP contribution in [0.1, 0.15) is 81.5 Å². The summed E-state index contributed by atoms with van der Waals surface area (Å²) in [6, 6.07) is 0. The van der Waals surface area contributed by atoms with Gasteiger partial charge in [0.2, 0.25) is 0 Å². The molecule has 0 spiro atoms. The molecular formula is C22H54ClKN4. The number of halogens is 1. The third-order valence-electron chi connectivity index (χ3n) is 4.76. The first-order valence-electron chi connectivity index (χ1n) is 11.1. The summed E-state index contributed by atoms with van der Waals surface area (Å²) in [6.45, 7) is 21.2. The molecule has 0 atom stereocenters. The Morgan fingerprint density at radius 3 is 1.21 bits per heavy atom. The van der Waals surface area contributed by atoms with E-state index >= 15 is 0 Å². The van der Waals surface area contributed by atoms with Gasteiger partial charge in [0.25, 0.3) is 0 Å². The van der Waals surface area contributed by atoms with Crippen molar-refractivity contribution < 1.29 is 52.8 Å². The Balaban J connectivity index is -0.0000000880. The molecule has 3 rings (SSSR count). The van der Waals surface area contributed by atoms with Crippen molar-refractivity contribution in [2.75, 3.05) is 65.4 Å². The molecule has 0 aromatic rings. The summed E-state index contributed by atoms with van der Waals surface area (Å²) in [6.07, 6.45) is 9.77. The maximum absolute atomic E-state index is 3.31. The van der Waals surface area contributed by atoms with E-state index in [1.807, 2.05) is 0 Å². The van der Waals surface area contributed by atoms with Gasteiger partial charge in [-0.05, 0) is 65.0 Å². The Hall–Kier alpha value is 1.77. The third kappa shape index (κ3) is 25.8. The zero-order chi connectivity index (χ0) is 18.6. The molecule has 0 amide bonds. The van der Waals surface area contributed by atoms with Crippen LogP contribution in [0.4, 0.5) is 0 Å². The molecule has 170 valence electrons. The Labute approximate surface area is 229 Å². The first kappa shape index (κ1) is 37.1. The van der Waals surface area contributed by atoms with E-state index in [9.17, 15) is 0 Å². The van der Waals surface area contributed by atoms with Crippen LogP contribution in [-0.2, 0) is 0 Å². The number of likely N-dealkylation sites (N-methyl/N-ethyl adjacent to an activating group) is 1. The van der Waals surface area contributed by atoms with Gasteiger partial charge < -0.3 is 21.9 Å². The quantitative estimate of drug-likeness (QED) is 0.630. The molecule has 6 heteroatoms. The van der Waals surface area contributed by atoms with E-state index in [4.69, 9.17) is 0 Å². The van der Waals surface area contributed by atoms with Crippen molar-refractivity contribution in [3.63, 3.8) is 0 Å². The minimum Gasteiger partial charge on any atom is -1.00 e. The van der Waals surface area contributed by atoms with E-state index in [0.717, 1.165) is 0 Å². The normalized spacial score (nSPS) is 19.3. The van der Waals surface area contributed by atoms with Gasteiger partial charge in [-0.25, -0.2) is 0 Å². The van der Waals surface area contributed by atoms with Crippen LogP contribution in [0.3, 0.4) is 0 Å². The first-order valence-corrected chi connectivity index (χ1v) is 11.1. The molecule has 3 fully saturated rings. The Morgan fingerprint density at radius 2 is 0.964 bits per heavy atom. The van der Waals surface area contributed by atoms with Gasteiger partial charge in [0, 0.05) is 26.2 Å². The van der Waals surface area contributed by atoms with Crippen LogP contribution in [0.5, 0.6) is 0 Å². The smallest absolute Gasteiger partial charge is 1.00 e. The van der Waals surface area contributed by atoms with Crippen molar-refractivity contribution >= 4 is 12.4 Å².